The standard InChI is InChI=1S/C8H11BrO/c1-6(5-9)8-3-4-10-7(8)2/h3-4,6H,5H2,1-2H3. The van der Waals surface area contributed by atoms with Gasteiger partial charge in [-0.25, -0.2) is 0 Å². The maximum Gasteiger partial charge on any atom is 0.104 e. The van der Waals surface area contributed by atoms with Gasteiger partial charge in [0.2, 0.25) is 0 Å². The number of rotatable bonds is 2. The van der Waals surface area contributed by atoms with Crippen LogP contribution in [0.15, 0.2) is 16.7 Å². The maximum atomic E-state index is 5.17. The van der Waals surface area contributed by atoms with Crippen LogP contribution in [0.25, 0.3) is 0 Å². The average Bonchev–Trinajstić information content (AvgIpc) is 2.34. The highest BCUT2D eigenvalue weighted by Crippen LogP contribution is 2.21. The van der Waals surface area contributed by atoms with Gasteiger partial charge in [-0.3, -0.25) is 0 Å². The molecule has 0 amide bonds. The summed E-state index contributed by atoms with van der Waals surface area (Å²) in [5, 5.41) is 0.993. The minimum Gasteiger partial charge on any atom is -0.469 e. The molecule has 1 atom stereocenters. The van der Waals surface area contributed by atoms with E-state index >= 15 is 0 Å². The van der Waals surface area contributed by atoms with Crippen molar-refractivity contribution in [2.45, 2.75) is 19.8 Å². The van der Waals surface area contributed by atoms with E-state index in [-0.39, 0.29) is 0 Å². The molecule has 1 aromatic heterocycles. The number of hydrogen-bond acceptors (Lipinski definition) is 1. The Morgan fingerprint density at radius 3 is 2.80 bits per heavy atom. The molecule has 0 saturated carbocycles. The molecule has 1 rings (SSSR count). The Morgan fingerprint density at radius 2 is 2.40 bits per heavy atom. The molecule has 0 saturated heterocycles. The molecule has 1 aromatic rings. The van der Waals surface area contributed by atoms with Crippen molar-refractivity contribution in [1.29, 1.82) is 0 Å². The summed E-state index contributed by atoms with van der Waals surface area (Å²) in [4.78, 5) is 0. The smallest absolute Gasteiger partial charge is 0.104 e. The molecule has 0 fully saturated rings. The Kier molecular flexibility index (Phi) is 2.55. The van der Waals surface area contributed by atoms with Gasteiger partial charge in [0, 0.05) is 5.33 Å². The highest BCUT2D eigenvalue weighted by atomic mass is 79.9. The first-order valence-electron chi connectivity index (χ1n) is 3.35. The fourth-order valence-electron chi connectivity index (χ4n) is 0.989. The van der Waals surface area contributed by atoms with Gasteiger partial charge in [0.1, 0.15) is 5.76 Å². The second-order valence-electron chi connectivity index (χ2n) is 2.49. The fraction of sp³-hybridized carbons (Fsp3) is 0.500. The van der Waals surface area contributed by atoms with Gasteiger partial charge in [-0.2, -0.15) is 0 Å². The van der Waals surface area contributed by atoms with Crippen LogP contribution >= 0.6 is 15.9 Å². The maximum absolute atomic E-state index is 5.17. The van der Waals surface area contributed by atoms with E-state index < -0.39 is 0 Å². The first-order chi connectivity index (χ1) is 4.75. The summed E-state index contributed by atoms with van der Waals surface area (Å²) in [5.41, 5.74) is 1.30. The van der Waals surface area contributed by atoms with Crippen molar-refractivity contribution >= 4 is 15.9 Å². The van der Waals surface area contributed by atoms with Gasteiger partial charge in [0.05, 0.1) is 6.26 Å². The Balaban J connectivity index is 2.82. The molecular formula is C8H11BrO. The third-order valence-corrected chi connectivity index (χ3v) is 2.63. The van der Waals surface area contributed by atoms with Gasteiger partial charge in [-0.15, -0.1) is 0 Å². The summed E-state index contributed by atoms with van der Waals surface area (Å²) >= 11 is 3.43. The van der Waals surface area contributed by atoms with Crippen LogP contribution in [0.2, 0.25) is 0 Å². The lowest BCUT2D eigenvalue weighted by Crippen LogP contribution is -1.93. The van der Waals surface area contributed by atoms with Crippen LogP contribution in [-0.4, -0.2) is 5.33 Å². The summed E-state index contributed by atoms with van der Waals surface area (Å²) in [5.74, 6) is 1.59. The third-order valence-electron chi connectivity index (χ3n) is 1.66. The molecule has 0 aromatic carbocycles. The Bertz CT molecular complexity index is 205. The summed E-state index contributed by atoms with van der Waals surface area (Å²) in [6.45, 7) is 4.17. The molecule has 1 nitrogen and oxygen atoms in total. The van der Waals surface area contributed by atoms with Crippen molar-refractivity contribution in [3.8, 4) is 0 Å². The Labute approximate surface area is 69.6 Å². The molecule has 0 spiro atoms. The number of alkyl halides is 1. The number of hydrogen-bond donors (Lipinski definition) is 0. The topological polar surface area (TPSA) is 13.1 Å². The van der Waals surface area contributed by atoms with E-state index in [9.17, 15) is 0 Å². The summed E-state index contributed by atoms with van der Waals surface area (Å²) < 4.78 is 5.17. The molecule has 0 aliphatic carbocycles. The molecule has 0 N–H and O–H groups in total. The number of furan rings is 1. The average molecular weight is 203 g/mol. The zero-order chi connectivity index (χ0) is 7.56. The number of halogens is 1. The van der Waals surface area contributed by atoms with Gasteiger partial charge in [0.25, 0.3) is 0 Å². The van der Waals surface area contributed by atoms with Crippen LogP contribution in [0.1, 0.15) is 24.2 Å². The molecule has 0 aliphatic heterocycles. The molecule has 1 heterocycles. The summed E-state index contributed by atoms with van der Waals surface area (Å²) in [6, 6.07) is 2.03. The quantitative estimate of drug-likeness (QED) is 0.673. The van der Waals surface area contributed by atoms with Crippen molar-refractivity contribution in [3.05, 3.63) is 23.7 Å². The van der Waals surface area contributed by atoms with Gasteiger partial charge in [-0.05, 0) is 24.5 Å². The second kappa shape index (κ2) is 3.24. The largest absolute Gasteiger partial charge is 0.469 e. The fourth-order valence-corrected chi connectivity index (χ4v) is 1.34. The minimum absolute atomic E-state index is 0.554. The zero-order valence-electron chi connectivity index (χ0n) is 6.23. The minimum atomic E-state index is 0.554. The van der Waals surface area contributed by atoms with Crippen LogP contribution in [0.4, 0.5) is 0 Å². The monoisotopic (exact) mass is 202 g/mol. The number of aryl methyl sites for hydroxylation is 1. The lowest BCUT2D eigenvalue weighted by atomic mass is 10.1. The Morgan fingerprint density at radius 1 is 1.70 bits per heavy atom. The molecule has 2 heteroatoms. The van der Waals surface area contributed by atoms with E-state index in [0.717, 1.165) is 11.1 Å². The molecular weight excluding hydrogens is 192 g/mol. The van der Waals surface area contributed by atoms with Crippen LogP contribution in [-0.2, 0) is 0 Å². The van der Waals surface area contributed by atoms with E-state index in [1.165, 1.54) is 5.56 Å². The Hall–Kier alpha value is -0.240. The van der Waals surface area contributed by atoms with Crippen molar-refractivity contribution in [2.24, 2.45) is 0 Å². The molecule has 56 valence electrons. The van der Waals surface area contributed by atoms with Gasteiger partial charge >= 0.3 is 0 Å². The van der Waals surface area contributed by atoms with Gasteiger partial charge in [0.15, 0.2) is 0 Å². The lowest BCUT2D eigenvalue weighted by molar-refractivity contribution is 0.527. The second-order valence-corrected chi connectivity index (χ2v) is 3.13. The zero-order valence-corrected chi connectivity index (χ0v) is 7.81. The molecule has 10 heavy (non-hydrogen) atoms. The highest BCUT2D eigenvalue weighted by molar-refractivity contribution is 9.09. The van der Waals surface area contributed by atoms with E-state index in [4.69, 9.17) is 4.42 Å². The molecule has 1 unspecified atom stereocenters. The first kappa shape index (κ1) is 7.86. The van der Waals surface area contributed by atoms with Crippen molar-refractivity contribution in [3.63, 3.8) is 0 Å². The summed E-state index contributed by atoms with van der Waals surface area (Å²) in [6.07, 6.45) is 1.74. The molecule has 0 bridgehead atoms. The van der Waals surface area contributed by atoms with Crippen LogP contribution in [0.5, 0.6) is 0 Å². The van der Waals surface area contributed by atoms with Crippen LogP contribution in [0.3, 0.4) is 0 Å². The predicted molar refractivity (Wildman–Crippen MR) is 45.7 cm³/mol. The predicted octanol–water partition coefficient (Wildman–Crippen LogP) is 3.09. The van der Waals surface area contributed by atoms with Crippen molar-refractivity contribution < 1.29 is 4.42 Å². The van der Waals surface area contributed by atoms with Gasteiger partial charge < -0.3 is 4.42 Å². The van der Waals surface area contributed by atoms with E-state index in [1.807, 2.05) is 13.0 Å². The first-order valence-corrected chi connectivity index (χ1v) is 4.47. The lowest BCUT2D eigenvalue weighted by Gasteiger charge is -2.03. The third kappa shape index (κ3) is 1.43. The van der Waals surface area contributed by atoms with E-state index in [2.05, 4.69) is 22.9 Å². The van der Waals surface area contributed by atoms with Crippen LogP contribution in [0, 0.1) is 6.92 Å². The van der Waals surface area contributed by atoms with Gasteiger partial charge in [-0.1, -0.05) is 22.9 Å². The normalized spacial score (nSPS) is 13.5. The highest BCUT2D eigenvalue weighted by Gasteiger charge is 2.07. The van der Waals surface area contributed by atoms with Crippen LogP contribution < -0.4 is 0 Å². The molecule has 0 aliphatic rings. The van der Waals surface area contributed by atoms with Crippen molar-refractivity contribution in [1.82, 2.24) is 0 Å². The SMILES string of the molecule is Cc1occc1C(C)CBr. The van der Waals surface area contributed by atoms with E-state index in [1.54, 1.807) is 6.26 Å². The van der Waals surface area contributed by atoms with Crippen molar-refractivity contribution in [2.75, 3.05) is 5.33 Å². The summed E-state index contributed by atoms with van der Waals surface area (Å²) in [7, 11) is 0. The van der Waals surface area contributed by atoms with E-state index in [0.29, 0.717) is 5.92 Å². The molecule has 0 radical (unpaired) electrons.